The van der Waals surface area contributed by atoms with E-state index in [4.69, 9.17) is 30.5 Å². The van der Waals surface area contributed by atoms with Crippen molar-refractivity contribution < 1.29 is 33.3 Å². The van der Waals surface area contributed by atoms with Crippen molar-refractivity contribution >= 4 is 29.5 Å². The number of benzene rings is 3. The highest BCUT2D eigenvalue weighted by molar-refractivity contribution is 6.32. The quantitative estimate of drug-likeness (QED) is 0.0489. The molecule has 0 aromatic heterocycles. The van der Waals surface area contributed by atoms with Crippen LogP contribution in [0.3, 0.4) is 0 Å². The Morgan fingerprint density at radius 1 is 0.588 bits per heavy atom. The first-order valence-corrected chi connectivity index (χ1v) is 19.4. The second-order valence-electron chi connectivity index (χ2n) is 13.1. The molecule has 0 aliphatic carbocycles. The summed E-state index contributed by atoms with van der Waals surface area (Å²) in [5.74, 6) is -0.826. The third-order valence-electron chi connectivity index (χ3n) is 8.80. The number of rotatable bonds is 25. The molecule has 0 heterocycles. The number of ether oxygens (including phenoxy) is 4. The number of carbonyl (C=O) groups excluding carboxylic acids is 3. The van der Waals surface area contributed by atoms with E-state index in [2.05, 4.69) is 13.8 Å². The van der Waals surface area contributed by atoms with Gasteiger partial charge in [-0.05, 0) is 79.4 Å². The zero-order valence-electron chi connectivity index (χ0n) is 30.9. The average Bonchev–Trinajstić information content (AvgIpc) is 3.14. The summed E-state index contributed by atoms with van der Waals surface area (Å²) in [5.41, 5.74) is 2.41. The zero-order chi connectivity index (χ0) is 36.7. The van der Waals surface area contributed by atoms with E-state index in [1.807, 2.05) is 30.3 Å². The lowest BCUT2D eigenvalue weighted by Crippen LogP contribution is -2.26. The first kappa shape index (κ1) is 41.6. The molecule has 0 amide bonds. The SMILES string of the molecule is CCCCCCCCCCCCOC(=O)C(C)OC(=O)c1ccc(OC(=O)c2ccc(-c3ccc(OCCCCCCCC)c(Cl)c3)cc2)cc1. The van der Waals surface area contributed by atoms with Crippen LogP contribution in [0.25, 0.3) is 11.1 Å². The second-order valence-corrected chi connectivity index (χ2v) is 13.6. The summed E-state index contributed by atoms with van der Waals surface area (Å²) >= 11 is 6.51. The molecule has 3 rings (SSSR count). The summed E-state index contributed by atoms with van der Waals surface area (Å²) in [6, 6.07) is 18.7. The summed E-state index contributed by atoms with van der Waals surface area (Å²) in [6.07, 6.45) is 18.1. The molecule has 3 aromatic carbocycles. The topological polar surface area (TPSA) is 88.1 Å². The lowest BCUT2D eigenvalue weighted by atomic mass is 10.0. The van der Waals surface area contributed by atoms with Crippen LogP contribution >= 0.6 is 11.6 Å². The lowest BCUT2D eigenvalue weighted by Gasteiger charge is -2.13. The van der Waals surface area contributed by atoms with E-state index in [0.717, 1.165) is 43.2 Å². The van der Waals surface area contributed by atoms with Crippen LogP contribution < -0.4 is 9.47 Å². The van der Waals surface area contributed by atoms with E-state index in [1.165, 1.54) is 102 Å². The van der Waals surface area contributed by atoms with Crippen LogP contribution in [-0.4, -0.2) is 37.2 Å². The monoisotopic (exact) mass is 720 g/mol. The molecule has 1 atom stereocenters. The molecule has 1 unspecified atom stereocenters. The van der Waals surface area contributed by atoms with E-state index in [-0.39, 0.29) is 11.3 Å². The summed E-state index contributed by atoms with van der Waals surface area (Å²) in [6.45, 7) is 6.90. The van der Waals surface area contributed by atoms with Crippen molar-refractivity contribution in [2.24, 2.45) is 0 Å². The molecule has 278 valence electrons. The Morgan fingerprint density at radius 2 is 1.08 bits per heavy atom. The van der Waals surface area contributed by atoms with E-state index < -0.39 is 24.0 Å². The molecule has 7 nitrogen and oxygen atoms in total. The smallest absolute Gasteiger partial charge is 0.347 e. The van der Waals surface area contributed by atoms with Crippen LogP contribution in [-0.2, 0) is 14.3 Å². The maximum atomic E-state index is 12.8. The Bertz CT molecular complexity index is 1450. The van der Waals surface area contributed by atoms with Crippen molar-refractivity contribution in [1.82, 2.24) is 0 Å². The maximum Gasteiger partial charge on any atom is 0.347 e. The maximum absolute atomic E-state index is 12.8. The largest absolute Gasteiger partial charge is 0.492 e. The van der Waals surface area contributed by atoms with Gasteiger partial charge in [0.1, 0.15) is 11.5 Å². The van der Waals surface area contributed by atoms with Crippen molar-refractivity contribution in [3.05, 3.63) is 82.9 Å². The Kier molecular flexibility index (Phi) is 19.9. The van der Waals surface area contributed by atoms with Crippen LogP contribution in [0.1, 0.15) is 144 Å². The van der Waals surface area contributed by atoms with E-state index in [1.54, 1.807) is 12.1 Å². The zero-order valence-corrected chi connectivity index (χ0v) is 31.6. The Labute approximate surface area is 310 Å². The van der Waals surface area contributed by atoms with Crippen LogP contribution in [0.5, 0.6) is 11.5 Å². The molecule has 51 heavy (non-hydrogen) atoms. The predicted octanol–water partition coefficient (Wildman–Crippen LogP) is 12.0. The van der Waals surface area contributed by atoms with Gasteiger partial charge in [-0.1, -0.05) is 134 Å². The van der Waals surface area contributed by atoms with Crippen molar-refractivity contribution in [3.8, 4) is 22.6 Å². The normalized spacial score (nSPS) is 11.5. The Morgan fingerprint density at radius 3 is 1.65 bits per heavy atom. The molecule has 0 aliphatic rings. The summed E-state index contributed by atoms with van der Waals surface area (Å²) < 4.78 is 22.0. The highest BCUT2D eigenvalue weighted by Crippen LogP contribution is 2.31. The molecular weight excluding hydrogens is 664 g/mol. The van der Waals surface area contributed by atoms with Crippen molar-refractivity contribution in [1.29, 1.82) is 0 Å². The van der Waals surface area contributed by atoms with Gasteiger partial charge in [0.15, 0.2) is 6.10 Å². The van der Waals surface area contributed by atoms with Crippen LogP contribution in [0.15, 0.2) is 66.7 Å². The van der Waals surface area contributed by atoms with Gasteiger partial charge in [-0.2, -0.15) is 0 Å². The van der Waals surface area contributed by atoms with Crippen LogP contribution in [0, 0.1) is 0 Å². The van der Waals surface area contributed by atoms with Gasteiger partial charge in [0.25, 0.3) is 0 Å². The number of esters is 3. The minimum atomic E-state index is -1.03. The molecule has 0 aliphatic heterocycles. The van der Waals surface area contributed by atoms with Gasteiger partial charge in [-0.25, -0.2) is 14.4 Å². The number of hydrogen-bond acceptors (Lipinski definition) is 7. The number of halogens is 1. The molecular formula is C43H57ClO7. The molecule has 8 heteroatoms. The molecule has 0 fully saturated rings. The predicted molar refractivity (Wildman–Crippen MR) is 205 cm³/mol. The van der Waals surface area contributed by atoms with Crippen molar-refractivity contribution in [2.45, 2.75) is 130 Å². The van der Waals surface area contributed by atoms with Gasteiger partial charge >= 0.3 is 17.9 Å². The first-order chi connectivity index (χ1) is 24.8. The number of unbranched alkanes of at least 4 members (excludes halogenated alkanes) is 14. The van der Waals surface area contributed by atoms with Gasteiger partial charge < -0.3 is 18.9 Å². The summed E-state index contributed by atoms with van der Waals surface area (Å²) in [5, 5.41) is 0.545. The number of carbonyl (C=O) groups is 3. The fourth-order valence-electron chi connectivity index (χ4n) is 5.64. The van der Waals surface area contributed by atoms with E-state index in [9.17, 15) is 14.4 Å². The fraction of sp³-hybridized carbons (Fsp3) is 0.512. The van der Waals surface area contributed by atoms with Crippen molar-refractivity contribution in [3.63, 3.8) is 0 Å². The highest BCUT2D eigenvalue weighted by atomic mass is 35.5. The second kappa shape index (κ2) is 24.4. The highest BCUT2D eigenvalue weighted by Gasteiger charge is 2.20. The minimum absolute atomic E-state index is 0.228. The summed E-state index contributed by atoms with van der Waals surface area (Å²) in [4.78, 5) is 37.7. The van der Waals surface area contributed by atoms with Gasteiger partial charge in [-0.3, -0.25) is 0 Å². The van der Waals surface area contributed by atoms with Gasteiger partial charge in [0, 0.05) is 0 Å². The average molecular weight is 721 g/mol. The minimum Gasteiger partial charge on any atom is -0.492 e. The third kappa shape index (κ3) is 15.9. The van der Waals surface area contributed by atoms with Crippen molar-refractivity contribution in [2.75, 3.05) is 13.2 Å². The van der Waals surface area contributed by atoms with E-state index >= 15 is 0 Å². The molecule has 0 saturated heterocycles. The molecule has 0 N–H and O–H groups in total. The van der Waals surface area contributed by atoms with Crippen LogP contribution in [0.2, 0.25) is 5.02 Å². The standard InChI is InChI=1S/C43H57ClO7/c1-4-6-8-10-12-13-14-15-17-19-31-49-41(45)33(3)50-42(46)36-24-27-38(28-25-36)51-43(47)35-22-20-34(21-23-35)37-26-29-40(39(44)32-37)48-30-18-16-11-9-7-5-2/h20-29,32-33H,4-19,30-31H2,1-3H3. The third-order valence-corrected chi connectivity index (χ3v) is 9.10. The van der Waals surface area contributed by atoms with Gasteiger partial charge in [-0.15, -0.1) is 0 Å². The Hall–Kier alpha value is -3.84. The first-order valence-electron chi connectivity index (χ1n) is 19.0. The summed E-state index contributed by atoms with van der Waals surface area (Å²) in [7, 11) is 0. The van der Waals surface area contributed by atoms with Crippen LogP contribution in [0.4, 0.5) is 0 Å². The molecule has 0 spiro atoms. The van der Waals surface area contributed by atoms with E-state index in [0.29, 0.717) is 29.5 Å². The van der Waals surface area contributed by atoms with Gasteiger partial charge in [0.2, 0.25) is 0 Å². The molecule has 3 aromatic rings. The molecule has 0 radical (unpaired) electrons. The molecule has 0 saturated carbocycles. The molecule has 0 bridgehead atoms. The Balaban J connectivity index is 1.37. The fourth-order valence-corrected chi connectivity index (χ4v) is 5.88. The van der Waals surface area contributed by atoms with Gasteiger partial charge in [0.05, 0.1) is 29.4 Å². The lowest BCUT2D eigenvalue weighted by molar-refractivity contribution is -0.153. The number of hydrogen-bond donors (Lipinski definition) is 0.